The maximum atomic E-state index is 12.6. The minimum Gasteiger partial charge on any atom is -0.389 e. The number of β-amino-alcohol motifs (C(OH)–C–C–N with tert-alkyl or cyclic N) is 2. The van der Waals surface area contributed by atoms with Gasteiger partial charge in [-0.2, -0.15) is 13.2 Å². The molecular formula is C12H15F3N2O2. The average Bonchev–Trinajstić information content (AvgIpc) is 2.67. The molecule has 0 amide bonds. The van der Waals surface area contributed by atoms with Gasteiger partial charge in [-0.25, -0.2) is 0 Å². The zero-order valence-corrected chi connectivity index (χ0v) is 10.1. The Morgan fingerprint density at radius 2 is 1.79 bits per heavy atom. The van der Waals surface area contributed by atoms with E-state index in [1.807, 2.05) is 0 Å². The molecule has 2 unspecified atom stereocenters. The SMILES string of the molecule is NCc1cc(C(F)(F)F)ccc1N1CC(O)C(O)C1. The van der Waals surface area contributed by atoms with Crippen molar-refractivity contribution in [2.75, 3.05) is 18.0 Å². The third-order valence-corrected chi connectivity index (χ3v) is 3.23. The van der Waals surface area contributed by atoms with Crippen LogP contribution < -0.4 is 10.6 Å². The van der Waals surface area contributed by atoms with Crippen molar-refractivity contribution in [2.45, 2.75) is 24.9 Å². The Morgan fingerprint density at radius 3 is 2.26 bits per heavy atom. The summed E-state index contributed by atoms with van der Waals surface area (Å²) < 4.78 is 37.8. The maximum Gasteiger partial charge on any atom is 0.416 e. The van der Waals surface area contributed by atoms with E-state index in [1.165, 1.54) is 6.07 Å². The Bertz CT molecular complexity index is 455. The van der Waals surface area contributed by atoms with E-state index in [0.717, 1.165) is 12.1 Å². The average molecular weight is 276 g/mol. The quantitative estimate of drug-likeness (QED) is 0.744. The van der Waals surface area contributed by atoms with Gasteiger partial charge in [0.15, 0.2) is 0 Å². The second-order valence-corrected chi connectivity index (χ2v) is 4.59. The Hall–Kier alpha value is -1.31. The molecule has 1 aliphatic rings. The fraction of sp³-hybridized carbons (Fsp3) is 0.500. The third-order valence-electron chi connectivity index (χ3n) is 3.23. The fourth-order valence-corrected chi connectivity index (χ4v) is 2.20. The van der Waals surface area contributed by atoms with Crippen molar-refractivity contribution in [3.8, 4) is 0 Å². The molecule has 106 valence electrons. The van der Waals surface area contributed by atoms with E-state index >= 15 is 0 Å². The first-order chi connectivity index (χ1) is 8.82. The largest absolute Gasteiger partial charge is 0.416 e. The van der Waals surface area contributed by atoms with E-state index in [0.29, 0.717) is 11.3 Å². The number of nitrogens with zero attached hydrogens (tertiary/aromatic N) is 1. The maximum absolute atomic E-state index is 12.6. The Balaban J connectivity index is 2.32. The predicted molar refractivity (Wildman–Crippen MR) is 63.6 cm³/mol. The van der Waals surface area contributed by atoms with Crippen molar-refractivity contribution in [1.29, 1.82) is 0 Å². The number of halogens is 3. The Labute approximate surface area is 108 Å². The van der Waals surface area contributed by atoms with Crippen molar-refractivity contribution in [1.82, 2.24) is 0 Å². The summed E-state index contributed by atoms with van der Waals surface area (Å²) in [5.41, 5.74) is 5.59. The summed E-state index contributed by atoms with van der Waals surface area (Å²) in [6.07, 6.45) is -6.20. The zero-order valence-electron chi connectivity index (χ0n) is 10.1. The summed E-state index contributed by atoms with van der Waals surface area (Å²) >= 11 is 0. The molecule has 1 aromatic carbocycles. The lowest BCUT2D eigenvalue weighted by atomic mass is 10.1. The Kier molecular flexibility index (Phi) is 3.71. The summed E-state index contributed by atoms with van der Waals surface area (Å²) in [5.74, 6) is 0. The third kappa shape index (κ3) is 2.83. The summed E-state index contributed by atoms with van der Waals surface area (Å²) in [4.78, 5) is 1.64. The summed E-state index contributed by atoms with van der Waals surface area (Å²) in [6, 6.07) is 3.31. The van der Waals surface area contributed by atoms with Crippen LogP contribution in [0.25, 0.3) is 0 Å². The minimum absolute atomic E-state index is 0.0397. The number of anilines is 1. The summed E-state index contributed by atoms with van der Waals surface area (Å²) in [5, 5.41) is 18.9. The van der Waals surface area contributed by atoms with Crippen LogP contribution in [-0.4, -0.2) is 35.5 Å². The molecule has 1 saturated heterocycles. The molecule has 0 saturated carbocycles. The van der Waals surface area contributed by atoms with Gasteiger partial charge in [0.05, 0.1) is 17.8 Å². The van der Waals surface area contributed by atoms with Gasteiger partial charge >= 0.3 is 6.18 Å². The molecule has 19 heavy (non-hydrogen) atoms. The minimum atomic E-state index is -4.41. The summed E-state index contributed by atoms with van der Waals surface area (Å²) in [7, 11) is 0. The molecule has 0 aliphatic carbocycles. The van der Waals surface area contributed by atoms with Crippen molar-refractivity contribution >= 4 is 5.69 Å². The van der Waals surface area contributed by atoms with Gasteiger partial charge in [0.2, 0.25) is 0 Å². The van der Waals surface area contributed by atoms with Gasteiger partial charge < -0.3 is 20.8 Å². The van der Waals surface area contributed by atoms with Crippen LogP contribution in [0.3, 0.4) is 0 Å². The number of hydrogen-bond donors (Lipinski definition) is 3. The molecule has 1 aromatic rings. The molecule has 0 spiro atoms. The van der Waals surface area contributed by atoms with E-state index in [-0.39, 0.29) is 19.6 Å². The Morgan fingerprint density at radius 1 is 1.21 bits per heavy atom. The van der Waals surface area contributed by atoms with Crippen LogP contribution in [0, 0.1) is 0 Å². The number of benzene rings is 1. The van der Waals surface area contributed by atoms with Crippen molar-refractivity contribution in [3.63, 3.8) is 0 Å². The van der Waals surface area contributed by atoms with Crippen LogP contribution in [-0.2, 0) is 12.7 Å². The molecule has 1 aliphatic heterocycles. The molecule has 0 aromatic heterocycles. The van der Waals surface area contributed by atoms with E-state index < -0.39 is 23.9 Å². The lowest BCUT2D eigenvalue weighted by Crippen LogP contribution is -2.23. The van der Waals surface area contributed by atoms with Crippen molar-refractivity contribution < 1.29 is 23.4 Å². The molecule has 7 heteroatoms. The number of aliphatic hydroxyl groups excluding tert-OH is 2. The first-order valence-corrected chi connectivity index (χ1v) is 5.84. The lowest BCUT2D eigenvalue weighted by Gasteiger charge is -2.22. The molecule has 0 bridgehead atoms. The van der Waals surface area contributed by atoms with Crippen molar-refractivity contribution in [2.24, 2.45) is 5.73 Å². The zero-order chi connectivity index (χ0) is 14.2. The number of rotatable bonds is 2. The standard InChI is InChI=1S/C12H15F3N2O2/c13-12(14,15)8-1-2-9(7(3-8)4-16)17-5-10(18)11(19)6-17/h1-3,10-11,18-19H,4-6,16H2. The molecule has 4 nitrogen and oxygen atoms in total. The van der Waals surface area contributed by atoms with Gasteiger partial charge in [-0.05, 0) is 23.8 Å². The first kappa shape index (κ1) is 14.1. The molecule has 1 heterocycles. The molecule has 2 rings (SSSR count). The topological polar surface area (TPSA) is 69.7 Å². The van der Waals surface area contributed by atoms with Crippen LogP contribution in [0.5, 0.6) is 0 Å². The van der Waals surface area contributed by atoms with Gasteiger partial charge in [-0.1, -0.05) is 0 Å². The first-order valence-electron chi connectivity index (χ1n) is 5.84. The normalized spacial score (nSPS) is 24.0. The van der Waals surface area contributed by atoms with Crippen LogP contribution in [0.2, 0.25) is 0 Å². The molecule has 0 radical (unpaired) electrons. The molecule has 4 N–H and O–H groups in total. The lowest BCUT2D eigenvalue weighted by molar-refractivity contribution is -0.137. The van der Waals surface area contributed by atoms with E-state index in [4.69, 9.17) is 5.73 Å². The number of hydrogen-bond acceptors (Lipinski definition) is 4. The van der Waals surface area contributed by atoms with Crippen LogP contribution in [0.1, 0.15) is 11.1 Å². The summed E-state index contributed by atoms with van der Waals surface area (Å²) in [6.45, 7) is 0.320. The van der Waals surface area contributed by atoms with Gasteiger partial charge in [-0.3, -0.25) is 0 Å². The highest BCUT2D eigenvalue weighted by Gasteiger charge is 2.33. The van der Waals surface area contributed by atoms with Gasteiger partial charge in [-0.15, -0.1) is 0 Å². The smallest absolute Gasteiger partial charge is 0.389 e. The van der Waals surface area contributed by atoms with Gasteiger partial charge in [0.25, 0.3) is 0 Å². The molecular weight excluding hydrogens is 261 g/mol. The second kappa shape index (κ2) is 4.99. The van der Waals surface area contributed by atoms with E-state index in [1.54, 1.807) is 4.90 Å². The van der Waals surface area contributed by atoms with Crippen LogP contribution in [0.15, 0.2) is 18.2 Å². The number of aliphatic hydroxyl groups is 2. The highest BCUT2D eigenvalue weighted by molar-refractivity contribution is 5.56. The number of alkyl halides is 3. The molecule has 2 atom stereocenters. The second-order valence-electron chi connectivity index (χ2n) is 4.59. The van der Waals surface area contributed by atoms with Gasteiger partial charge in [0.1, 0.15) is 0 Å². The monoisotopic (exact) mass is 276 g/mol. The van der Waals surface area contributed by atoms with Crippen LogP contribution >= 0.6 is 0 Å². The molecule has 1 fully saturated rings. The van der Waals surface area contributed by atoms with E-state index in [9.17, 15) is 23.4 Å². The van der Waals surface area contributed by atoms with E-state index in [2.05, 4.69) is 0 Å². The van der Waals surface area contributed by atoms with Crippen molar-refractivity contribution in [3.05, 3.63) is 29.3 Å². The predicted octanol–water partition coefficient (Wildman–Crippen LogP) is 0.706. The fourth-order valence-electron chi connectivity index (χ4n) is 2.20. The van der Waals surface area contributed by atoms with Crippen LogP contribution in [0.4, 0.5) is 18.9 Å². The van der Waals surface area contributed by atoms with Gasteiger partial charge in [0, 0.05) is 25.3 Å². The number of nitrogens with two attached hydrogens (primary N) is 1. The highest BCUT2D eigenvalue weighted by atomic mass is 19.4. The highest BCUT2D eigenvalue weighted by Crippen LogP contribution is 2.33.